The summed E-state index contributed by atoms with van der Waals surface area (Å²) in [6.07, 6.45) is 45.6. The van der Waals surface area contributed by atoms with E-state index in [1.54, 1.807) is 0 Å². The fraction of sp³-hybridized carbons (Fsp3) is 0.979. The van der Waals surface area contributed by atoms with Crippen LogP contribution < -0.4 is 5.32 Å². The van der Waals surface area contributed by atoms with E-state index in [1.807, 2.05) is 21.1 Å². The Hall–Kier alpha value is -0.500. The summed E-state index contributed by atoms with van der Waals surface area (Å²) >= 11 is 0. The minimum absolute atomic E-state index is 0.0787. The molecule has 3 N–H and O–H groups in total. The molecular weight excluding hydrogens is 732 g/mol. The largest absolute Gasteiger partial charge is 0.472 e. The van der Waals surface area contributed by atoms with Crippen molar-refractivity contribution in [3.8, 4) is 0 Å². The van der Waals surface area contributed by atoms with Crippen molar-refractivity contribution in [3.63, 3.8) is 0 Å². The SMILES string of the molecule is CCCCCCCCCCCCCCCCCCCCCCCC(=O)N[C@@H](COP(=O)(O)OCC[N+](C)(C)C)[C@H](O)CCCCCCCCCCCCCCCC. The van der Waals surface area contributed by atoms with Crippen LogP contribution in [0, 0.1) is 0 Å². The van der Waals surface area contributed by atoms with Crippen molar-refractivity contribution in [2.24, 2.45) is 0 Å². The second kappa shape index (κ2) is 40.9. The van der Waals surface area contributed by atoms with Crippen LogP contribution in [0.5, 0.6) is 0 Å². The summed E-state index contributed by atoms with van der Waals surface area (Å²) in [4.78, 5) is 23.2. The fourth-order valence-corrected chi connectivity index (χ4v) is 8.37. The number of quaternary nitrogens is 1. The standard InChI is InChI=1S/C48H99N2O6P/c1-6-8-10-12-14-16-18-20-22-23-24-25-26-27-28-30-32-34-36-38-40-42-48(52)49-46(45-56-57(53,54)55-44-43-50(3,4)5)47(51)41-39-37-35-33-31-29-21-19-17-15-13-11-9-7-2/h46-47,51H,6-45H2,1-5H3,(H-,49,52,53,54)/p+1/t46-,47+/m0/s1. The maximum Gasteiger partial charge on any atom is 0.472 e. The lowest BCUT2D eigenvalue weighted by Gasteiger charge is -2.26. The Kier molecular flexibility index (Phi) is 40.5. The van der Waals surface area contributed by atoms with Crippen molar-refractivity contribution >= 4 is 13.7 Å². The van der Waals surface area contributed by atoms with Gasteiger partial charge in [-0.15, -0.1) is 0 Å². The topological polar surface area (TPSA) is 105 Å². The van der Waals surface area contributed by atoms with Crippen molar-refractivity contribution in [2.75, 3.05) is 40.9 Å². The fourth-order valence-electron chi connectivity index (χ4n) is 7.64. The average molecular weight is 832 g/mol. The first kappa shape index (κ1) is 56.5. The van der Waals surface area contributed by atoms with Crippen LogP contribution in [0.4, 0.5) is 0 Å². The molecule has 0 heterocycles. The predicted octanol–water partition coefficient (Wildman–Crippen LogP) is 14.1. The average Bonchev–Trinajstić information content (AvgIpc) is 3.16. The van der Waals surface area contributed by atoms with Gasteiger partial charge in [0.15, 0.2) is 0 Å². The summed E-state index contributed by atoms with van der Waals surface area (Å²) < 4.78 is 23.7. The van der Waals surface area contributed by atoms with Crippen LogP contribution in [0.15, 0.2) is 0 Å². The minimum atomic E-state index is -4.31. The van der Waals surface area contributed by atoms with E-state index in [1.165, 1.54) is 186 Å². The first-order valence-electron chi connectivity index (χ1n) is 24.9. The van der Waals surface area contributed by atoms with E-state index < -0.39 is 20.0 Å². The highest BCUT2D eigenvalue weighted by atomic mass is 31.2. The van der Waals surface area contributed by atoms with Crippen molar-refractivity contribution in [2.45, 2.75) is 264 Å². The molecule has 0 saturated carbocycles. The van der Waals surface area contributed by atoms with Crippen LogP contribution in [-0.2, 0) is 18.4 Å². The zero-order valence-corrected chi connectivity index (χ0v) is 39.8. The number of carbonyl (C=O) groups excluding carboxylic acids is 1. The van der Waals surface area contributed by atoms with Gasteiger partial charge in [0.25, 0.3) is 0 Å². The molecule has 0 aromatic rings. The number of carbonyl (C=O) groups is 1. The minimum Gasteiger partial charge on any atom is -0.391 e. The van der Waals surface area contributed by atoms with Crippen LogP contribution in [0.3, 0.4) is 0 Å². The van der Waals surface area contributed by atoms with Gasteiger partial charge in [-0.2, -0.15) is 0 Å². The third-order valence-electron chi connectivity index (χ3n) is 11.6. The normalized spacial score (nSPS) is 14.2. The van der Waals surface area contributed by atoms with E-state index in [-0.39, 0.29) is 19.1 Å². The van der Waals surface area contributed by atoms with Crippen molar-refractivity contribution in [1.82, 2.24) is 5.32 Å². The van der Waals surface area contributed by atoms with Gasteiger partial charge >= 0.3 is 7.82 Å². The molecule has 0 bridgehead atoms. The number of phosphoric ester groups is 1. The molecule has 342 valence electrons. The molecule has 57 heavy (non-hydrogen) atoms. The molecule has 0 radical (unpaired) electrons. The van der Waals surface area contributed by atoms with Gasteiger partial charge in [0, 0.05) is 6.42 Å². The van der Waals surface area contributed by atoms with Gasteiger partial charge in [-0.25, -0.2) is 4.57 Å². The molecule has 3 atom stereocenters. The number of hydrogen-bond donors (Lipinski definition) is 3. The summed E-state index contributed by atoms with van der Waals surface area (Å²) in [6.45, 7) is 4.92. The summed E-state index contributed by atoms with van der Waals surface area (Å²) in [6, 6.07) is -0.753. The molecule has 1 amide bonds. The quantitative estimate of drug-likeness (QED) is 0.0321. The maximum atomic E-state index is 12.9. The molecule has 0 spiro atoms. The number of amides is 1. The van der Waals surface area contributed by atoms with Crippen molar-refractivity contribution < 1.29 is 32.9 Å². The number of nitrogens with one attached hydrogen (secondary N) is 1. The summed E-state index contributed by atoms with van der Waals surface area (Å²) in [5.74, 6) is -0.139. The Morgan fingerprint density at radius 2 is 0.842 bits per heavy atom. The number of aliphatic hydroxyl groups is 1. The van der Waals surface area contributed by atoms with Crippen LogP contribution in [0.25, 0.3) is 0 Å². The Bertz CT molecular complexity index is 901. The van der Waals surface area contributed by atoms with E-state index in [0.29, 0.717) is 23.9 Å². The van der Waals surface area contributed by atoms with E-state index in [4.69, 9.17) is 9.05 Å². The first-order chi connectivity index (χ1) is 27.5. The molecule has 8 nitrogen and oxygen atoms in total. The van der Waals surface area contributed by atoms with Crippen molar-refractivity contribution in [3.05, 3.63) is 0 Å². The molecule has 0 aliphatic heterocycles. The number of phosphoric acid groups is 1. The predicted molar refractivity (Wildman–Crippen MR) is 245 cm³/mol. The molecule has 0 aliphatic rings. The maximum absolute atomic E-state index is 12.9. The number of nitrogens with zero attached hydrogens (tertiary/aromatic N) is 1. The van der Waals surface area contributed by atoms with Gasteiger partial charge in [-0.1, -0.05) is 232 Å². The van der Waals surface area contributed by atoms with Gasteiger partial charge in [0.2, 0.25) is 5.91 Å². The monoisotopic (exact) mass is 832 g/mol. The Morgan fingerprint density at radius 3 is 1.18 bits per heavy atom. The Morgan fingerprint density at radius 1 is 0.526 bits per heavy atom. The van der Waals surface area contributed by atoms with E-state index in [2.05, 4.69) is 19.2 Å². The van der Waals surface area contributed by atoms with Crippen LogP contribution >= 0.6 is 7.82 Å². The van der Waals surface area contributed by atoms with Gasteiger partial charge in [-0.05, 0) is 12.8 Å². The number of hydrogen-bond acceptors (Lipinski definition) is 5. The summed E-state index contributed by atoms with van der Waals surface area (Å²) in [5, 5.41) is 14.0. The second-order valence-corrected chi connectivity index (χ2v) is 20.0. The first-order valence-corrected chi connectivity index (χ1v) is 26.4. The van der Waals surface area contributed by atoms with Crippen LogP contribution in [-0.4, -0.2) is 73.4 Å². The number of rotatable bonds is 46. The molecule has 0 aromatic heterocycles. The second-order valence-electron chi connectivity index (χ2n) is 18.6. The van der Waals surface area contributed by atoms with Crippen LogP contribution in [0.1, 0.15) is 251 Å². The summed E-state index contributed by atoms with van der Waals surface area (Å²) in [5.41, 5.74) is 0. The Balaban J connectivity index is 4.20. The van der Waals surface area contributed by atoms with Gasteiger partial charge in [0.1, 0.15) is 13.2 Å². The third-order valence-corrected chi connectivity index (χ3v) is 12.6. The molecule has 1 unspecified atom stereocenters. The lowest BCUT2D eigenvalue weighted by atomic mass is 10.0. The van der Waals surface area contributed by atoms with E-state index in [0.717, 1.165) is 38.5 Å². The summed E-state index contributed by atoms with van der Waals surface area (Å²) in [7, 11) is 1.63. The smallest absolute Gasteiger partial charge is 0.391 e. The molecule has 9 heteroatoms. The molecule has 0 saturated heterocycles. The Labute approximate surface area is 355 Å². The third kappa shape index (κ3) is 43.4. The molecule has 0 rings (SSSR count). The highest BCUT2D eigenvalue weighted by Gasteiger charge is 2.28. The van der Waals surface area contributed by atoms with Gasteiger partial charge < -0.3 is 19.8 Å². The van der Waals surface area contributed by atoms with E-state index >= 15 is 0 Å². The highest BCUT2D eigenvalue weighted by molar-refractivity contribution is 7.47. The number of aliphatic hydroxyl groups excluding tert-OH is 1. The lowest BCUT2D eigenvalue weighted by Crippen LogP contribution is -2.46. The van der Waals surface area contributed by atoms with Crippen LogP contribution in [0.2, 0.25) is 0 Å². The molecule has 0 fully saturated rings. The van der Waals surface area contributed by atoms with Gasteiger partial charge in [-0.3, -0.25) is 13.8 Å². The molecular formula is C48H100N2O6P+. The zero-order valence-electron chi connectivity index (χ0n) is 38.9. The van der Waals surface area contributed by atoms with Gasteiger partial charge in [0.05, 0.1) is 39.9 Å². The zero-order chi connectivity index (χ0) is 42.1. The number of unbranched alkanes of at least 4 members (excludes halogenated alkanes) is 33. The number of likely N-dealkylation sites (N-methyl/N-ethyl adjacent to an activating group) is 1. The lowest BCUT2D eigenvalue weighted by molar-refractivity contribution is -0.870. The van der Waals surface area contributed by atoms with Crippen molar-refractivity contribution in [1.29, 1.82) is 0 Å². The highest BCUT2D eigenvalue weighted by Crippen LogP contribution is 2.43. The van der Waals surface area contributed by atoms with E-state index in [9.17, 15) is 19.4 Å². The molecule has 0 aromatic carbocycles. The molecule has 0 aliphatic carbocycles.